The third kappa shape index (κ3) is 6.03. The van der Waals surface area contributed by atoms with Gasteiger partial charge < -0.3 is 15.4 Å². The van der Waals surface area contributed by atoms with Gasteiger partial charge in [-0.15, -0.1) is 0 Å². The summed E-state index contributed by atoms with van der Waals surface area (Å²) in [5, 5.41) is 16.6. The minimum absolute atomic E-state index is 0.0355. The average molecular weight is 399 g/mol. The number of esters is 1. The highest BCUT2D eigenvalue weighted by Crippen LogP contribution is 2.23. The van der Waals surface area contributed by atoms with Crippen molar-refractivity contribution in [3.63, 3.8) is 0 Å². The molecule has 0 heterocycles. The highest BCUT2D eigenvalue weighted by molar-refractivity contribution is 5.96. The first-order valence-electron chi connectivity index (χ1n) is 9.24. The van der Waals surface area contributed by atoms with Crippen LogP contribution >= 0.6 is 0 Å². The molecule has 0 saturated carbocycles. The van der Waals surface area contributed by atoms with Crippen molar-refractivity contribution < 1.29 is 19.2 Å². The Hall–Kier alpha value is -3.42. The molecule has 8 nitrogen and oxygen atoms in total. The van der Waals surface area contributed by atoms with E-state index in [4.69, 9.17) is 4.74 Å². The Balaban J connectivity index is 1.86. The Kier molecular flexibility index (Phi) is 7.30. The molecule has 0 bridgehead atoms. The quantitative estimate of drug-likeness (QED) is 0.396. The smallest absolute Gasteiger partial charge is 0.308 e. The van der Waals surface area contributed by atoms with Crippen LogP contribution in [0.4, 0.5) is 17.1 Å². The molecule has 2 rings (SSSR count). The van der Waals surface area contributed by atoms with E-state index in [1.807, 2.05) is 32.9 Å². The van der Waals surface area contributed by atoms with E-state index in [-0.39, 0.29) is 18.7 Å². The Morgan fingerprint density at radius 1 is 1.14 bits per heavy atom. The fourth-order valence-corrected chi connectivity index (χ4v) is 2.99. The van der Waals surface area contributed by atoms with Gasteiger partial charge in [0.15, 0.2) is 6.10 Å². The molecule has 0 aromatic heterocycles. The second-order valence-electron chi connectivity index (χ2n) is 6.85. The molecule has 2 aromatic rings. The van der Waals surface area contributed by atoms with Crippen LogP contribution in [-0.2, 0) is 14.3 Å². The number of benzene rings is 2. The van der Waals surface area contributed by atoms with E-state index in [2.05, 4.69) is 10.6 Å². The Labute approximate surface area is 169 Å². The average Bonchev–Trinajstić information content (AvgIpc) is 2.64. The maximum absolute atomic E-state index is 12.4. The van der Waals surface area contributed by atoms with Crippen molar-refractivity contribution in [2.45, 2.75) is 40.2 Å². The van der Waals surface area contributed by atoms with Crippen molar-refractivity contribution in [3.05, 3.63) is 63.2 Å². The zero-order chi connectivity index (χ0) is 21.6. The van der Waals surface area contributed by atoms with E-state index in [1.165, 1.54) is 13.0 Å². The highest BCUT2D eigenvalue weighted by Gasteiger charge is 2.19. The molecule has 0 spiro atoms. The Bertz CT molecular complexity index is 903. The van der Waals surface area contributed by atoms with Crippen LogP contribution in [-0.4, -0.2) is 29.4 Å². The number of para-hydroxylation sites is 2. The van der Waals surface area contributed by atoms with Gasteiger partial charge in [0.05, 0.1) is 11.3 Å². The van der Waals surface area contributed by atoms with Crippen molar-refractivity contribution in [3.8, 4) is 0 Å². The first-order valence-corrected chi connectivity index (χ1v) is 9.24. The van der Waals surface area contributed by atoms with Crippen LogP contribution in [0.25, 0.3) is 0 Å². The van der Waals surface area contributed by atoms with Gasteiger partial charge in [-0.2, -0.15) is 0 Å². The molecule has 1 atom stereocenters. The number of aryl methyl sites for hydroxylation is 3. The topological polar surface area (TPSA) is 111 Å². The van der Waals surface area contributed by atoms with Crippen molar-refractivity contribution in [1.29, 1.82) is 0 Å². The van der Waals surface area contributed by atoms with Crippen LogP contribution < -0.4 is 10.6 Å². The molecule has 0 radical (unpaired) electrons. The normalized spacial score (nSPS) is 11.4. The van der Waals surface area contributed by atoms with Gasteiger partial charge in [-0.25, -0.2) is 0 Å². The molecule has 154 valence electrons. The zero-order valence-corrected chi connectivity index (χ0v) is 16.9. The molecule has 29 heavy (non-hydrogen) atoms. The first kappa shape index (κ1) is 21.9. The number of rotatable bonds is 8. The fraction of sp³-hybridized carbons (Fsp3) is 0.333. The number of hydrogen-bond acceptors (Lipinski definition) is 6. The lowest BCUT2D eigenvalue weighted by atomic mass is 10.0. The van der Waals surface area contributed by atoms with Crippen LogP contribution in [0.3, 0.4) is 0 Å². The lowest BCUT2D eigenvalue weighted by Gasteiger charge is -2.17. The number of ether oxygens (including phenoxy) is 1. The van der Waals surface area contributed by atoms with Crippen LogP contribution in [0.5, 0.6) is 0 Å². The molecule has 0 saturated heterocycles. The molecule has 2 aromatic carbocycles. The molecule has 0 aliphatic heterocycles. The number of anilines is 2. The van der Waals surface area contributed by atoms with Crippen molar-refractivity contribution in [2.75, 3.05) is 17.2 Å². The number of nitro groups is 1. The van der Waals surface area contributed by atoms with Crippen LogP contribution in [0.15, 0.2) is 36.4 Å². The minimum Gasteiger partial charge on any atom is -0.452 e. The van der Waals surface area contributed by atoms with Crippen molar-refractivity contribution in [1.82, 2.24) is 0 Å². The number of carbonyl (C=O) groups excluding carboxylic acids is 2. The van der Waals surface area contributed by atoms with Gasteiger partial charge in [0.25, 0.3) is 11.6 Å². The van der Waals surface area contributed by atoms with Gasteiger partial charge in [0.2, 0.25) is 0 Å². The number of carbonyl (C=O) groups is 2. The van der Waals surface area contributed by atoms with Gasteiger partial charge in [0.1, 0.15) is 5.69 Å². The van der Waals surface area contributed by atoms with Crippen LogP contribution in [0.2, 0.25) is 0 Å². The molecule has 0 fully saturated rings. The van der Waals surface area contributed by atoms with E-state index < -0.39 is 22.9 Å². The maximum Gasteiger partial charge on any atom is 0.308 e. The number of hydrogen-bond donors (Lipinski definition) is 2. The summed E-state index contributed by atoms with van der Waals surface area (Å²) in [6.07, 6.45) is -1.000. The largest absolute Gasteiger partial charge is 0.452 e. The van der Waals surface area contributed by atoms with Crippen molar-refractivity contribution >= 4 is 28.9 Å². The lowest BCUT2D eigenvalue weighted by Crippen LogP contribution is -2.31. The minimum atomic E-state index is -0.964. The number of nitrogens with one attached hydrogen (secondary N) is 2. The monoisotopic (exact) mass is 399 g/mol. The summed E-state index contributed by atoms with van der Waals surface area (Å²) in [7, 11) is 0. The van der Waals surface area contributed by atoms with Gasteiger partial charge in [-0.1, -0.05) is 29.8 Å². The van der Waals surface area contributed by atoms with Gasteiger partial charge in [0, 0.05) is 18.3 Å². The summed E-state index contributed by atoms with van der Waals surface area (Å²) in [5.74, 6) is -0.990. The van der Waals surface area contributed by atoms with E-state index in [9.17, 15) is 19.7 Å². The molecule has 1 amide bonds. The molecule has 0 aliphatic carbocycles. The van der Waals surface area contributed by atoms with Crippen molar-refractivity contribution in [2.24, 2.45) is 0 Å². The Morgan fingerprint density at radius 3 is 2.38 bits per heavy atom. The summed E-state index contributed by atoms with van der Waals surface area (Å²) in [6, 6.07) is 10.1. The van der Waals surface area contributed by atoms with E-state index >= 15 is 0 Å². The summed E-state index contributed by atoms with van der Waals surface area (Å²) in [6.45, 7) is 7.44. The maximum atomic E-state index is 12.4. The first-order chi connectivity index (χ1) is 13.7. The highest BCUT2D eigenvalue weighted by atomic mass is 16.6. The lowest BCUT2D eigenvalue weighted by molar-refractivity contribution is -0.384. The zero-order valence-electron chi connectivity index (χ0n) is 16.9. The predicted molar refractivity (Wildman–Crippen MR) is 111 cm³/mol. The SMILES string of the molecule is Cc1cc(C)c(NC(=O)C(C)OC(=O)CCNc2ccccc2[N+](=O)[O-])c(C)c1. The molecule has 2 N–H and O–H groups in total. The summed E-state index contributed by atoms with van der Waals surface area (Å²) >= 11 is 0. The van der Waals surface area contributed by atoms with Gasteiger partial charge in [-0.05, 0) is 44.9 Å². The second-order valence-corrected chi connectivity index (χ2v) is 6.85. The summed E-state index contributed by atoms with van der Waals surface area (Å²) in [5.41, 5.74) is 3.93. The van der Waals surface area contributed by atoms with E-state index in [0.717, 1.165) is 16.7 Å². The van der Waals surface area contributed by atoms with Crippen LogP contribution in [0, 0.1) is 30.9 Å². The van der Waals surface area contributed by atoms with Crippen LogP contribution in [0.1, 0.15) is 30.0 Å². The molecule has 0 aliphatic rings. The molecular weight excluding hydrogens is 374 g/mol. The molecular formula is C21H25N3O5. The van der Waals surface area contributed by atoms with E-state index in [1.54, 1.807) is 18.2 Å². The number of nitrogens with zero attached hydrogens (tertiary/aromatic N) is 1. The molecule has 8 heteroatoms. The third-order valence-corrected chi connectivity index (χ3v) is 4.35. The van der Waals surface area contributed by atoms with Gasteiger partial charge in [-0.3, -0.25) is 19.7 Å². The Morgan fingerprint density at radius 2 is 1.76 bits per heavy atom. The number of nitro benzene ring substituents is 1. The molecule has 1 unspecified atom stereocenters. The summed E-state index contributed by atoms with van der Waals surface area (Å²) < 4.78 is 5.18. The van der Waals surface area contributed by atoms with E-state index in [0.29, 0.717) is 11.4 Å². The summed E-state index contributed by atoms with van der Waals surface area (Å²) in [4.78, 5) is 34.9. The number of amides is 1. The standard InChI is InChI=1S/C21H25N3O5/c1-13-11-14(2)20(15(3)12-13)23-21(26)16(4)29-19(25)9-10-22-17-7-5-6-8-18(17)24(27)28/h5-8,11-12,16,22H,9-10H2,1-4H3,(H,23,26). The predicted octanol–water partition coefficient (Wildman–Crippen LogP) is 3.89. The van der Waals surface area contributed by atoms with Gasteiger partial charge >= 0.3 is 5.97 Å². The third-order valence-electron chi connectivity index (χ3n) is 4.35. The fourth-order valence-electron chi connectivity index (χ4n) is 2.99. The second kappa shape index (κ2) is 9.68.